The van der Waals surface area contributed by atoms with Crippen molar-refractivity contribution in [1.29, 1.82) is 0 Å². The first kappa shape index (κ1) is 16.1. The van der Waals surface area contributed by atoms with Gasteiger partial charge >= 0.3 is 0 Å². The predicted molar refractivity (Wildman–Crippen MR) is 91.7 cm³/mol. The molecule has 6 heteroatoms. The van der Waals surface area contributed by atoms with Gasteiger partial charge in [-0.2, -0.15) is 5.10 Å². The number of nitrogens with one attached hydrogen (secondary N) is 1. The molecule has 0 saturated carbocycles. The number of benzene rings is 1. The Morgan fingerprint density at radius 3 is 2.67 bits per heavy atom. The lowest BCUT2D eigenvalue weighted by atomic mass is 10.1. The summed E-state index contributed by atoms with van der Waals surface area (Å²) in [6, 6.07) is 6.57. The molecule has 24 heavy (non-hydrogen) atoms. The fourth-order valence-electron chi connectivity index (χ4n) is 2.54. The second kappa shape index (κ2) is 6.03. The van der Waals surface area contributed by atoms with Crippen LogP contribution in [0.15, 0.2) is 30.5 Å². The van der Waals surface area contributed by atoms with Gasteiger partial charge in [0.1, 0.15) is 5.82 Å². The van der Waals surface area contributed by atoms with Gasteiger partial charge in [-0.3, -0.25) is 4.79 Å². The highest BCUT2D eigenvalue weighted by atomic mass is 19.1. The third-order valence-electron chi connectivity index (χ3n) is 3.92. The Kier molecular flexibility index (Phi) is 4.05. The van der Waals surface area contributed by atoms with Crippen LogP contribution in [0.3, 0.4) is 0 Å². The van der Waals surface area contributed by atoms with E-state index in [1.807, 2.05) is 18.5 Å². The summed E-state index contributed by atoms with van der Waals surface area (Å²) in [7, 11) is 0. The first-order valence-corrected chi connectivity index (χ1v) is 7.79. The number of aromatic nitrogens is 3. The minimum Gasteiger partial charge on any atom is -0.322 e. The van der Waals surface area contributed by atoms with Crippen LogP contribution < -0.4 is 5.32 Å². The molecule has 2 aromatic heterocycles. The molecule has 0 bridgehead atoms. The third kappa shape index (κ3) is 2.87. The molecule has 0 fully saturated rings. The SMILES string of the molecule is Cc1ccc(NC(=O)c2cc3cnn(C(C)C)c3nc2C)cc1F. The standard InChI is InChI=1S/C18H19FN4O/c1-10(2)23-17-13(9-20-23)7-15(12(4)21-17)18(24)22-14-6-5-11(3)16(19)8-14/h5-10H,1-4H3,(H,22,24). The lowest BCUT2D eigenvalue weighted by molar-refractivity contribution is 0.102. The molecule has 0 spiro atoms. The average molecular weight is 326 g/mol. The number of fused-ring (bicyclic) bond motifs is 1. The van der Waals surface area contributed by atoms with Gasteiger partial charge in [0.05, 0.1) is 17.5 Å². The van der Waals surface area contributed by atoms with E-state index in [0.717, 1.165) is 11.0 Å². The maximum Gasteiger partial charge on any atom is 0.257 e. The highest BCUT2D eigenvalue weighted by Gasteiger charge is 2.15. The summed E-state index contributed by atoms with van der Waals surface area (Å²) in [5.41, 5.74) is 2.76. The second-order valence-corrected chi connectivity index (χ2v) is 6.14. The van der Waals surface area contributed by atoms with E-state index in [1.54, 1.807) is 38.2 Å². The molecule has 2 heterocycles. The number of carbonyl (C=O) groups is 1. The van der Waals surface area contributed by atoms with E-state index < -0.39 is 0 Å². The summed E-state index contributed by atoms with van der Waals surface area (Å²) in [4.78, 5) is 17.0. The monoisotopic (exact) mass is 326 g/mol. The molecule has 1 amide bonds. The number of anilines is 1. The van der Waals surface area contributed by atoms with Crippen LogP contribution in [-0.4, -0.2) is 20.7 Å². The summed E-state index contributed by atoms with van der Waals surface area (Å²) in [6.45, 7) is 7.50. The van der Waals surface area contributed by atoms with Gasteiger partial charge in [0, 0.05) is 17.1 Å². The number of nitrogens with zero attached hydrogens (tertiary/aromatic N) is 3. The molecule has 0 aliphatic heterocycles. The molecule has 0 unspecified atom stereocenters. The van der Waals surface area contributed by atoms with Crippen molar-refractivity contribution in [2.45, 2.75) is 33.7 Å². The topological polar surface area (TPSA) is 59.8 Å². The first-order valence-electron chi connectivity index (χ1n) is 7.79. The highest BCUT2D eigenvalue weighted by Crippen LogP contribution is 2.21. The summed E-state index contributed by atoms with van der Waals surface area (Å²) >= 11 is 0. The summed E-state index contributed by atoms with van der Waals surface area (Å²) in [6.07, 6.45) is 1.70. The van der Waals surface area contributed by atoms with Gasteiger partial charge in [0.15, 0.2) is 5.65 Å². The Labute approximate surface area is 139 Å². The van der Waals surface area contributed by atoms with Gasteiger partial charge in [-0.05, 0) is 51.5 Å². The quantitative estimate of drug-likeness (QED) is 0.791. The Balaban J connectivity index is 1.94. The van der Waals surface area contributed by atoms with Crippen molar-refractivity contribution in [3.05, 3.63) is 53.1 Å². The zero-order valence-electron chi connectivity index (χ0n) is 14.1. The Morgan fingerprint density at radius 1 is 1.25 bits per heavy atom. The fraction of sp³-hybridized carbons (Fsp3) is 0.278. The van der Waals surface area contributed by atoms with Gasteiger partial charge in [0.2, 0.25) is 0 Å². The Morgan fingerprint density at radius 2 is 2.00 bits per heavy atom. The van der Waals surface area contributed by atoms with Crippen molar-refractivity contribution in [3.8, 4) is 0 Å². The number of carbonyl (C=O) groups excluding carboxylic acids is 1. The van der Waals surface area contributed by atoms with E-state index in [-0.39, 0.29) is 17.8 Å². The molecular formula is C18H19FN4O. The van der Waals surface area contributed by atoms with Gasteiger partial charge in [-0.1, -0.05) is 6.07 Å². The van der Waals surface area contributed by atoms with Crippen molar-refractivity contribution in [3.63, 3.8) is 0 Å². The summed E-state index contributed by atoms with van der Waals surface area (Å²) < 4.78 is 15.4. The van der Waals surface area contributed by atoms with Crippen LogP contribution in [0.4, 0.5) is 10.1 Å². The van der Waals surface area contributed by atoms with Crippen LogP contribution in [0.2, 0.25) is 0 Å². The minimum atomic E-state index is -0.351. The van der Waals surface area contributed by atoms with Crippen molar-refractivity contribution >= 4 is 22.6 Å². The molecule has 124 valence electrons. The van der Waals surface area contributed by atoms with Crippen LogP contribution >= 0.6 is 0 Å². The first-order chi connectivity index (χ1) is 11.4. The van der Waals surface area contributed by atoms with Gasteiger partial charge in [-0.25, -0.2) is 14.1 Å². The van der Waals surface area contributed by atoms with Crippen molar-refractivity contribution in [2.75, 3.05) is 5.32 Å². The molecule has 3 aromatic rings. The smallest absolute Gasteiger partial charge is 0.257 e. The molecule has 1 aromatic carbocycles. The van der Waals surface area contributed by atoms with Gasteiger partial charge in [-0.15, -0.1) is 0 Å². The molecule has 0 aliphatic carbocycles. The van der Waals surface area contributed by atoms with E-state index in [9.17, 15) is 9.18 Å². The molecule has 0 radical (unpaired) electrons. The van der Waals surface area contributed by atoms with E-state index in [1.165, 1.54) is 6.07 Å². The maximum absolute atomic E-state index is 13.6. The second-order valence-electron chi connectivity index (χ2n) is 6.14. The number of rotatable bonds is 3. The number of amides is 1. The average Bonchev–Trinajstić information content (AvgIpc) is 2.93. The predicted octanol–water partition coefficient (Wildman–Crippen LogP) is 4.02. The zero-order chi connectivity index (χ0) is 17.4. The van der Waals surface area contributed by atoms with Crippen LogP contribution in [0.1, 0.15) is 41.5 Å². The highest BCUT2D eigenvalue weighted by molar-refractivity contribution is 6.06. The van der Waals surface area contributed by atoms with Crippen molar-refractivity contribution < 1.29 is 9.18 Å². The number of aryl methyl sites for hydroxylation is 2. The van der Waals surface area contributed by atoms with Crippen molar-refractivity contribution in [1.82, 2.24) is 14.8 Å². The summed E-state index contributed by atoms with van der Waals surface area (Å²) in [5, 5.41) is 7.83. The Bertz CT molecular complexity index is 930. The fourth-order valence-corrected chi connectivity index (χ4v) is 2.54. The number of halogens is 1. The minimum absolute atomic E-state index is 0.185. The van der Waals surface area contributed by atoms with Gasteiger partial charge in [0.25, 0.3) is 5.91 Å². The normalized spacial score (nSPS) is 11.2. The van der Waals surface area contributed by atoms with Crippen LogP contribution in [0, 0.1) is 19.7 Å². The molecular weight excluding hydrogens is 307 g/mol. The molecule has 0 aliphatic rings. The van der Waals surface area contributed by atoms with E-state index in [4.69, 9.17) is 0 Å². The lowest BCUT2D eigenvalue weighted by Gasteiger charge is -2.10. The molecule has 5 nitrogen and oxygen atoms in total. The van der Waals surface area contributed by atoms with Crippen LogP contribution in [0.25, 0.3) is 11.0 Å². The van der Waals surface area contributed by atoms with E-state index in [2.05, 4.69) is 15.4 Å². The number of hydrogen-bond acceptors (Lipinski definition) is 3. The summed E-state index contributed by atoms with van der Waals surface area (Å²) in [5.74, 6) is -0.668. The zero-order valence-corrected chi connectivity index (χ0v) is 14.1. The maximum atomic E-state index is 13.6. The molecule has 1 N–H and O–H groups in total. The molecule has 3 rings (SSSR count). The van der Waals surface area contributed by atoms with Gasteiger partial charge < -0.3 is 5.32 Å². The third-order valence-corrected chi connectivity index (χ3v) is 3.92. The lowest BCUT2D eigenvalue weighted by Crippen LogP contribution is -2.15. The van der Waals surface area contributed by atoms with E-state index >= 15 is 0 Å². The number of hydrogen-bond donors (Lipinski definition) is 1. The van der Waals surface area contributed by atoms with Crippen molar-refractivity contribution in [2.24, 2.45) is 0 Å². The molecule has 0 atom stereocenters. The largest absolute Gasteiger partial charge is 0.322 e. The number of pyridine rings is 1. The van der Waals surface area contributed by atoms with E-state index in [0.29, 0.717) is 22.5 Å². The van der Waals surface area contributed by atoms with Crippen LogP contribution in [0.5, 0.6) is 0 Å². The molecule has 0 saturated heterocycles. The Hall–Kier alpha value is -2.76. The van der Waals surface area contributed by atoms with Crippen LogP contribution in [-0.2, 0) is 0 Å².